The van der Waals surface area contributed by atoms with Crippen molar-refractivity contribution in [1.82, 2.24) is 5.32 Å². The highest BCUT2D eigenvalue weighted by Crippen LogP contribution is 2.25. The van der Waals surface area contributed by atoms with Crippen molar-refractivity contribution < 1.29 is 23.1 Å². The van der Waals surface area contributed by atoms with Crippen molar-refractivity contribution in [2.75, 3.05) is 6.54 Å². The molecule has 2 aromatic rings. The number of hydrogen-bond acceptors (Lipinski definition) is 3. The van der Waals surface area contributed by atoms with E-state index in [-0.39, 0.29) is 6.54 Å². The molecule has 0 radical (unpaired) electrons. The number of carbonyl (C=O) groups excluding carboxylic acids is 1. The Morgan fingerprint density at radius 1 is 1.09 bits per heavy atom. The number of nitrogens with one attached hydrogen (secondary N) is 1. The molecule has 2 N–H and O–H groups in total. The van der Waals surface area contributed by atoms with Crippen molar-refractivity contribution in [3.05, 3.63) is 65.5 Å². The summed E-state index contributed by atoms with van der Waals surface area (Å²) in [6, 6.07) is 11.0. The summed E-state index contributed by atoms with van der Waals surface area (Å²) in [5.41, 5.74) is 0.783. The first kappa shape index (κ1) is 17.4. The molecule has 0 aromatic heterocycles. The Morgan fingerprint density at radius 2 is 1.70 bits per heavy atom. The van der Waals surface area contributed by atoms with Gasteiger partial charge >= 0.3 is 0 Å². The summed E-state index contributed by atoms with van der Waals surface area (Å²) in [4.78, 5) is 12.3. The van der Waals surface area contributed by atoms with E-state index in [0.29, 0.717) is 27.8 Å². The van der Waals surface area contributed by atoms with E-state index in [0.717, 1.165) is 0 Å². The summed E-state index contributed by atoms with van der Waals surface area (Å²) in [5, 5.41) is 12.5. The number of amides is 1. The third-order valence-electron chi connectivity index (χ3n) is 3.05. The maximum Gasteiger partial charge on any atom is 0.288 e. The molecule has 0 aliphatic heterocycles. The van der Waals surface area contributed by atoms with Crippen LogP contribution in [0.4, 0.5) is 13.2 Å². The van der Waals surface area contributed by atoms with E-state index in [1.54, 1.807) is 0 Å². The minimum Gasteiger partial charge on any atom is -0.387 e. The van der Waals surface area contributed by atoms with Crippen LogP contribution < -0.4 is 5.32 Å². The fraction of sp³-hybridized carbons (Fsp3) is 0.188. The van der Waals surface area contributed by atoms with Gasteiger partial charge in [-0.25, -0.2) is 4.39 Å². The summed E-state index contributed by atoms with van der Waals surface area (Å²) >= 11 is 0.400. The summed E-state index contributed by atoms with van der Waals surface area (Å²) in [6.07, 6.45) is -0.965. The lowest BCUT2D eigenvalue weighted by atomic mass is 10.1. The Morgan fingerprint density at radius 3 is 2.26 bits per heavy atom. The van der Waals surface area contributed by atoms with Crippen LogP contribution in [0.5, 0.6) is 0 Å². The van der Waals surface area contributed by atoms with Gasteiger partial charge in [0.05, 0.1) is 6.10 Å². The van der Waals surface area contributed by atoms with E-state index in [1.807, 2.05) is 0 Å². The molecule has 0 aliphatic carbocycles. The van der Waals surface area contributed by atoms with Crippen LogP contribution >= 0.6 is 11.8 Å². The van der Waals surface area contributed by atoms with Gasteiger partial charge in [-0.1, -0.05) is 23.9 Å². The Labute approximate surface area is 135 Å². The summed E-state index contributed by atoms with van der Waals surface area (Å²) in [5.74, 6) is -3.35. The molecule has 0 spiro atoms. The van der Waals surface area contributed by atoms with E-state index in [9.17, 15) is 23.1 Å². The van der Waals surface area contributed by atoms with E-state index in [1.165, 1.54) is 48.5 Å². The molecule has 3 nitrogen and oxygen atoms in total. The van der Waals surface area contributed by atoms with Gasteiger partial charge in [-0.15, -0.1) is 0 Å². The number of halogens is 3. The molecule has 1 atom stereocenters. The standard InChI is InChI=1S/C16H14F3NO2S/c17-12-5-1-10(2-6-12)14(21)9-20-15(22)11-3-7-13(8-4-11)23-16(18)19/h1-8,14,16,21H,9H2,(H,20,22). The first-order valence-corrected chi connectivity index (χ1v) is 7.60. The van der Waals surface area contributed by atoms with Crippen LogP contribution in [0.15, 0.2) is 53.4 Å². The third-order valence-corrected chi connectivity index (χ3v) is 3.77. The fourth-order valence-electron chi connectivity index (χ4n) is 1.88. The Balaban J connectivity index is 1.90. The summed E-state index contributed by atoms with van der Waals surface area (Å²) < 4.78 is 37.2. The van der Waals surface area contributed by atoms with Gasteiger partial charge < -0.3 is 10.4 Å². The van der Waals surface area contributed by atoms with Gasteiger partial charge in [-0.2, -0.15) is 8.78 Å². The first-order chi connectivity index (χ1) is 11.0. The van der Waals surface area contributed by atoms with Gasteiger partial charge in [0.15, 0.2) is 0 Å². The van der Waals surface area contributed by atoms with Crippen molar-refractivity contribution in [2.45, 2.75) is 16.8 Å². The Bertz CT molecular complexity index is 647. The molecule has 2 rings (SSSR count). The number of aliphatic hydroxyl groups is 1. The number of hydrogen-bond donors (Lipinski definition) is 2. The quantitative estimate of drug-likeness (QED) is 0.789. The molecule has 7 heteroatoms. The monoisotopic (exact) mass is 341 g/mol. The lowest BCUT2D eigenvalue weighted by Crippen LogP contribution is -2.28. The number of alkyl halides is 2. The van der Waals surface area contributed by atoms with Crippen molar-refractivity contribution >= 4 is 17.7 Å². The number of aliphatic hydroxyl groups excluding tert-OH is 1. The van der Waals surface area contributed by atoms with Gasteiger partial charge in [-0.05, 0) is 42.0 Å². The number of carbonyl (C=O) groups is 1. The second kappa shape index (κ2) is 8.03. The van der Waals surface area contributed by atoms with Crippen molar-refractivity contribution in [1.29, 1.82) is 0 Å². The van der Waals surface area contributed by atoms with Gasteiger partial charge in [0, 0.05) is 17.0 Å². The molecule has 1 unspecified atom stereocenters. The molecule has 0 bridgehead atoms. The van der Waals surface area contributed by atoms with Crippen LogP contribution in [0, 0.1) is 5.82 Å². The molecule has 0 fully saturated rings. The lowest BCUT2D eigenvalue weighted by Gasteiger charge is -2.12. The SMILES string of the molecule is O=C(NCC(O)c1ccc(F)cc1)c1ccc(SC(F)F)cc1. The molecular weight excluding hydrogens is 327 g/mol. The minimum atomic E-state index is -2.51. The average molecular weight is 341 g/mol. The first-order valence-electron chi connectivity index (χ1n) is 6.72. The zero-order valence-electron chi connectivity index (χ0n) is 11.9. The van der Waals surface area contributed by atoms with E-state index >= 15 is 0 Å². The lowest BCUT2D eigenvalue weighted by molar-refractivity contribution is 0.0916. The third kappa shape index (κ3) is 5.30. The van der Waals surface area contributed by atoms with E-state index in [2.05, 4.69) is 5.32 Å². The largest absolute Gasteiger partial charge is 0.387 e. The zero-order valence-corrected chi connectivity index (χ0v) is 12.7. The predicted molar refractivity (Wildman–Crippen MR) is 82.0 cm³/mol. The van der Waals surface area contributed by atoms with Crippen LogP contribution in [0.3, 0.4) is 0 Å². The molecule has 0 heterocycles. The van der Waals surface area contributed by atoms with Crippen LogP contribution in [-0.2, 0) is 0 Å². The van der Waals surface area contributed by atoms with Crippen molar-refractivity contribution in [2.24, 2.45) is 0 Å². The van der Waals surface area contributed by atoms with Crippen LogP contribution in [0.25, 0.3) is 0 Å². The molecule has 0 aliphatic rings. The molecule has 1 amide bonds. The average Bonchev–Trinajstić information content (AvgIpc) is 2.53. The highest BCUT2D eigenvalue weighted by Gasteiger charge is 2.12. The molecule has 23 heavy (non-hydrogen) atoms. The van der Waals surface area contributed by atoms with E-state index in [4.69, 9.17) is 0 Å². The van der Waals surface area contributed by atoms with E-state index < -0.39 is 23.6 Å². The molecule has 0 saturated carbocycles. The Hall–Kier alpha value is -1.99. The summed E-state index contributed by atoms with van der Waals surface area (Å²) in [6.45, 7) is -0.0436. The predicted octanol–water partition coefficient (Wildman–Crippen LogP) is 3.60. The van der Waals surface area contributed by atoms with Gasteiger partial charge in [0.2, 0.25) is 0 Å². The number of thioether (sulfide) groups is 1. The maximum atomic E-state index is 12.8. The van der Waals surface area contributed by atoms with Crippen molar-refractivity contribution in [3.8, 4) is 0 Å². The topological polar surface area (TPSA) is 49.3 Å². The highest BCUT2D eigenvalue weighted by atomic mass is 32.2. The van der Waals surface area contributed by atoms with Crippen LogP contribution in [0.1, 0.15) is 22.0 Å². The fourth-order valence-corrected chi connectivity index (χ4v) is 2.38. The van der Waals surface area contributed by atoms with Crippen LogP contribution in [0.2, 0.25) is 0 Å². The molecule has 0 saturated heterocycles. The molecular formula is C16H14F3NO2S. The van der Waals surface area contributed by atoms with Crippen molar-refractivity contribution in [3.63, 3.8) is 0 Å². The second-order valence-corrected chi connectivity index (χ2v) is 5.74. The molecule has 122 valence electrons. The zero-order chi connectivity index (χ0) is 16.8. The smallest absolute Gasteiger partial charge is 0.288 e. The highest BCUT2D eigenvalue weighted by molar-refractivity contribution is 7.99. The van der Waals surface area contributed by atoms with Gasteiger partial charge in [0.1, 0.15) is 5.82 Å². The number of rotatable bonds is 6. The van der Waals surface area contributed by atoms with Crippen LogP contribution in [-0.4, -0.2) is 23.3 Å². The number of benzene rings is 2. The Kier molecular flexibility index (Phi) is 6.06. The second-order valence-electron chi connectivity index (χ2n) is 4.68. The molecule has 2 aromatic carbocycles. The maximum absolute atomic E-state index is 12.8. The van der Waals surface area contributed by atoms with Gasteiger partial charge in [-0.3, -0.25) is 4.79 Å². The van der Waals surface area contributed by atoms with Gasteiger partial charge in [0.25, 0.3) is 11.7 Å². The summed E-state index contributed by atoms with van der Waals surface area (Å²) in [7, 11) is 0. The normalized spacial score (nSPS) is 12.2. The minimum absolute atomic E-state index is 0.0436.